The minimum Gasteiger partial charge on any atom is -0.377 e. The van der Waals surface area contributed by atoms with Gasteiger partial charge in [-0.2, -0.15) is 0 Å². The molecule has 1 amide bonds. The summed E-state index contributed by atoms with van der Waals surface area (Å²) in [5.74, 6) is 0.247. The second kappa shape index (κ2) is 9.32. The molecule has 0 aromatic carbocycles. The average Bonchev–Trinajstić information content (AvgIpc) is 2.44. The number of carbonyl (C=O) groups is 1. The van der Waals surface area contributed by atoms with Crippen LogP contribution in [0.5, 0.6) is 0 Å². The zero-order chi connectivity index (χ0) is 15.0. The number of nitrogens with zero attached hydrogens (tertiary/aromatic N) is 2. The number of piperidine rings is 1. The second-order valence-corrected chi connectivity index (χ2v) is 5.94. The Balaban J connectivity index is 2.34. The molecule has 0 spiro atoms. The lowest BCUT2D eigenvalue weighted by atomic mass is 10.1. The van der Waals surface area contributed by atoms with E-state index >= 15 is 0 Å². The molecule has 0 aliphatic carbocycles. The van der Waals surface area contributed by atoms with E-state index in [4.69, 9.17) is 10.5 Å². The molecule has 1 rings (SSSR count). The summed E-state index contributed by atoms with van der Waals surface area (Å²) in [6.07, 6.45) is 4.29. The minimum absolute atomic E-state index is 0.111. The molecule has 1 saturated heterocycles. The van der Waals surface area contributed by atoms with Crippen LogP contribution in [0.1, 0.15) is 39.5 Å². The van der Waals surface area contributed by atoms with Crippen molar-refractivity contribution in [3.05, 3.63) is 0 Å². The van der Waals surface area contributed by atoms with Crippen LogP contribution in [0.3, 0.4) is 0 Å². The van der Waals surface area contributed by atoms with E-state index in [9.17, 15) is 4.79 Å². The maximum Gasteiger partial charge on any atom is 0.224 e. The van der Waals surface area contributed by atoms with E-state index in [0.29, 0.717) is 19.6 Å². The number of hydrogen-bond acceptors (Lipinski definition) is 4. The number of likely N-dealkylation sites (tertiary alicyclic amines) is 1. The number of nitrogens with two attached hydrogens (primary N) is 1. The number of ether oxygens (including phenoxy) is 1. The molecule has 118 valence electrons. The topological polar surface area (TPSA) is 58.8 Å². The van der Waals surface area contributed by atoms with E-state index in [-0.39, 0.29) is 18.1 Å². The fourth-order valence-corrected chi connectivity index (χ4v) is 2.51. The van der Waals surface area contributed by atoms with Crippen molar-refractivity contribution < 1.29 is 9.53 Å². The van der Waals surface area contributed by atoms with Crippen LogP contribution in [0.4, 0.5) is 0 Å². The Morgan fingerprint density at radius 1 is 1.30 bits per heavy atom. The number of hydrogen-bond donors (Lipinski definition) is 1. The fourth-order valence-electron chi connectivity index (χ4n) is 2.51. The van der Waals surface area contributed by atoms with Crippen molar-refractivity contribution in [3.8, 4) is 0 Å². The van der Waals surface area contributed by atoms with E-state index in [1.165, 1.54) is 6.42 Å². The molecule has 2 N–H and O–H groups in total. The Labute approximate surface area is 123 Å². The molecule has 1 atom stereocenters. The van der Waals surface area contributed by atoms with Gasteiger partial charge in [0.2, 0.25) is 5.91 Å². The van der Waals surface area contributed by atoms with Crippen molar-refractivity contribution in [2.75, 3.05) is 39.8 Å². The van der Waals surface area contributed by atoms with Gasteiger partial charge in [0, 0.05) is 38.6 Å². The zero-order valence-corrected chi connectivity index (χ0v) is 13.3. The van der Waals surface area contributed by atoms with Gasteiger partial charge in [-0.1, -0.05) is 0 Å². The van der Waals surface area contributed by atoms with E-state index in [1.807, 2.05) is 25.8 Å². The number of likely N-dealkylation sites (N-methyl/N-ethyl adjacent to an activating group) is 1. The maximum absolute atomic E-state index is 12.3. The summed E-state index contributed by atoms with van der Waals surface area (Å²) in [6.45, 7) is 7.89. The Kier molecular flexibility index (Phi) is 8.11. The lowest BCUT2D eigenvalue weighted by Crippen LogP contribution is -2.45. The summed E-state index contributed by atoms with van der Waals surface area (Å²) in [5.41, 5.74) is 5.83. The summed E-state index contributed by atoms with van der Waals surface area (Å²) in [4.78, 5) is 16.4. The highest BCUT2D eigenvalue weighted by Crippen LogP contribution is 2.12. The molecule has 0 aromatic heterocycles. The smallest absolute Gasteiger partial charge is 0.224 e. The Morgan fingerprint density at radius 3 is 2.50 bits per heavy atom. The second-order valence-electron chi connectivity index (χ2n) is 5.94. The molecular formula is C15H31N3O2. The monoisotopic (exact) mass is 285 g/mol. The molecule has 1 aliphatic heterocycles. The summed E-state index contributed by atoms with van der Waals surface area (Å²) < 4.78 is 5.55. The maximum atomic E-state index is 12.3. The van der Waals surface area contributed by atoms with Crippen molar-refractivity contribution in [2.24, 2.45) is 5.73 Å². The van der Waals surface area contributed by atoms with Crippen LogP contribution in [0, 0.1) is 0 Å². The molecule has 1 unspecified atom stereocenters. The number of amides is 1. The van der Waals surface area contributed by atoms with Crippen LogP contribution in [0.2, 0.25) is 0 Å². The van der Waals surface area contributed by atoms with Crippen LogP contribution in [-0.2, 0) is 9.53 Å². The van der Waals surface area contributed by atoms with Crippen LogP contribution in [0.25, 0.3) is 0 Å². The molecule has 5 nitrogen and oxygen atoms in total. The lowest BCUT2D eigenvalue weighted by molar-refractivity contribution is -0.133. The first-order chi connectivity index (χ1) is 9.54. The first-order valence-corrected chi connectivity index (χ1v) is 7.84. The quantitative estimate of drug-likeness (QED) is 0.725. The third-order valence-corrected chi connectivity index (χ3v) is 3.91. The molecule has 1 heterocycles. The van der Waals surface area contributed by atoms with Crippen LogP contribution >= 0.6 is 0 Å². The van der Waals surface area contributed by atoms with Gasteiger partial charge in [0.05, 0.1) is 12.7 Å². The van der Waals surface area contributed by atoms with E-state index in [0.717, 1.165) is 32.5 Å². The van der Waals surface area contributed by atoms with Crippen molar-refractivity contribution in [1.29, 1.82) is 0 Å². The fraction of sp³-hybridized carbons (Fsp3) is 0.933. The molecule has 5 heteroatoms. The molecule has 0 saturated carbocycles. The SMILES string of the molecule is CC(C)OCCN(C)C(CN)CC(=O)N1CCCCC1. The normalized spacial score (nSPS) is 17.8. The molecule has 0 bridgehead atoms. The summed E-state index contributed by atoms with van der Waals surface area (Å²) in [6, 6.07) is 0.111. The first-order valence-electron chi connectivity index (χ1n) is 7.84. The highest BCUT2D eigenvalue weighted by molar-refractivity contribution is 5.76. The van der Waals surface area contributed by atoms with Crippen molar-refractivity contribution in [1.82, 2.24) is 9.80 Å². The van der Waals surface area contributed by atoms with Gasteiger partial charge in [0.1, 0.15) is 0 Å². The van der Waals surface area contributed by atoms with Gasteiger partial charge < -0.3 is 15.4 Å². The third-order valence-electron chi connectivity index (χ3n) is 3.91. The highest BCUT2D eigenvalue weighted by Gasteiger charge is 2.22. The van der Waals surface area contributed by atoms with E-state index < -0.39 is 0 Å². The van der Waals surface area contributed by atoms with Crippen LogP contribution in [-0.4, -0.2) is 67.7 Å². The predicted octanol–water partition coefficient (Wildman–Crippen LogP) is 1.07. The van der Waals surface area contributed by atoms with Gasteiger partial charge in [-0.25, -0.2) is 0 Å². The molecule has 0 radical (unpaired) electrons. The van der Waals surface area contributed by atoms with E-state index in [2.05, 4.69) is 4.90 Å². The number of carbonyl (C=O) groups excluding carboxylic acids is 1. The van der Waals surface area contributed by atoms with Gasteiger partial charge in [-0.3, -0.25) is 9.69 Å². The standard InChI is InChI=1S/C15H31N3O2/c1-13(2)20-10-9-17(3)14(12-16)11-15(19)18-7-5-4-6-8-18/h13-14H,4-12,16H2,1-3H3. The third kappa shape index (κ3) is 6.20. The predicted molar refractivity (Wildman–Crippen MR) is 81.6 cm³/mol. The molecule has 1 aliphatic rings. The van der Waals surface area contributed by atoms with Gasteiger partial charge in [0.25, 0.3) is 0 Å². The van der Waals surface area contributed by atoms with Gasteiger partial charge in [-0.05, 0) is 40.2 Å². The highest BCUT2D eigenvalue weighted by atomic mass is 16.5. The summed E-state index contributed by atoms with van der Waals surface area (Å²) >= 11 is 0. The molecule has 20 heavy (non-hydrogen) atoms. The minimum atomic E-state index is 0.111. The largest absolute Gasteiger partial charge is 0.377 e. The Hall–Kier alpha value is -0.650. The zero-order valence-electron chi connectivity index (χ0n) is 13.3. The van der Waals surface area contributed by atoms with E-state index in [1.54, 1.807) is 0 Å². The molecule has 0 aromatic rings. The van der Waals surface area contributed by atoms with Crippen LogP contribution < -0.4 is 5.73 Å². The lowest BCUT2D eigenvalue weighted by Gasteiger charge is -2.31. The van der Waals surface area contributed by atoms with Crippen molar-refractivity contribution in [3.63, 3.8) is 0 Å². The van der Waals surface area contributed by atoms with Gasteiger partial charge in [-0.15, -0.1) is 0 Å². The average molecular weight is 285 g/mol. The van der Waals surface area contributed by atoms with Crippen LogP contribution in [0.15, 0.2) is 0 Å². The first kappa shape index (κ1) is 17.4. The number of rotatable bonds is 8. The molecule has 1 fully saturated rings. The van der Waals surface area contributed by atoms with Gasteiger partial charge >= 0.3 is 0 Å². The Morgan fingerprint density at radius 2 is 1.95 bits per heavy atom. The van der Waals surface area contributed by atoms with Crippen molar-refractivity contribution >= 4 is 5.91 Å². The molecular weight excluding hydrogens is 254 g/mol. The summed E-state index contributed by atoms with van der Waals surface area (Å²) in [5, 5.41) is 0. The van der Waals surface area contributed by atoms with Gasteiger partial charge in [0.15, 0.2) is 0 Å². The van der Waals surface area contributed by atoms with Crippen molar-refractivity contribution in [2.45, 2.75) is 51.7 Å². The Bertz CT molecular complexity index is 278. The summed E-state index contributed by atoms with van der Waals surface area (Å²) in [7, 11) is 2.02.